The van der Waals surface area contributed by atoms with Crippen molar-refractivity contribution in [2.24, 2.45) is 0 Å². The van der Waals surface area contributed by atoms with Crippen LogP contribution in [-0.4, -0.2) is 25.2 Å². The smallest absolute Gasteiger partial charge is 0.208 e. The first-order valence-corrected chi connectivity index (χ1v) is 6.60. The number of rotatable bonds is 6. The summed E-state index contributed by atoms with van der Waals surface area (Å²) in [5.41, 5.74) is 2.79. The lowest BCUT2D eigenvalue weighted by Gasteiger charge is -2.27. The van der Waals surface area contributed by atoms with Crippen molar-refractivity contribution in [3.8, 4) is 0 Å². The van der Waals surface area contributed by atoms with Crippen LogP contribution in [0.4, 0.5) is 0 Å². The van der Waals surface area contributed by atoms with E-state index in [4.69, 9.17) is 9.15 Å². The minimum Gasteiger partial charge on any atom is -0.444 e. The lowest BCUT2D eigenvalue weighted by Crippen LogP contribution is -2.19. The third-order valence-electron chi connectivity index (χ3n) is 3.53. The van der Waals surface area contributed by atoms with Crippen LogP contribution in [0.3, 0.4) is 0 Å². The molecule has 0 saturated heterocycles. The van der Waals surface area contributed by atoms with Crippen LogP contribution in [0.1, 0.15) is 28.7 Å². The summed E-state index contributed by atoms with van der Waals surface area (Å²) < 4.78 is 10.8. The van der Waals surface area contributed by atoms with Crippen LogP contribution in [0.15, 0.2) is 34.9 Å². The summed E-state index contributed by atoms with van der Waals surface area (Å²) in [5, 5.41) is 3.23. The fourth-order valence-electron chi connectivity index (χ4n) is 2.45. The van der Waals surface area contributed by atoms with Gasteiger partial charge in [0.1, 0.15) is 5.76 Å². The Morgan fingerprint density at radius 1 is 1.42 bits per heavy atom. The summed E-state index contributed by atoms with van der Waals surface area (Å²) in [6, 6.07) is 8.51. The van der Waals surface area contributed by atoms with Crippen molar-refractivity contribution in [2.75, 3.05) is 20.3 Å². The van der Waals surface area contributed by atoms with Gasteiger partial charge in [-0.15, -0.1) is 0 Å². The third kappa shape index (κ3) is 2.55. The van der Waals surface area contributed by atoms with E-state index >= 15 is 0 Å². The van der Waals surface area contributed by atoms with Gasteiger partial charge < -0.3 is 14.5 Å². The number of oxazole rings is 1. The molecule has 4 heteroatoms. The van der Waals surface area contributed by atoms with E-state index in [0.29, 0.717) is 19.1 Å². The Bertz CT molecular complexity index is 551. The van der Waals surface area contributed by atoms with E-state index < -0.39 is 0 Å². The minimum absolute atomic E-state index is 0.386. The topological polar surface area (TPSA) is 47.3 Å². The lowest BCUT2D eigenvalue weighted by molar-refractivity contribution is 0.198. The van der Waals surface area contributed by atoms with Crippen LogP contribution in [0.2, 0.25) is 0 Å². The lowest BCUT2D eigenvalue weighted by atomic mass is 9.76. The summed E-state index contributed by atoms with van der Waals surface area (Å²) in [6.45, 7) is 2.15. The molecule has 1 atom stereocenters. The first-order chi connectivity index (χ1) is 9.38. The average molecular weight is 258 g/mol. The van der Waals surface area contributed by atoms with E-state index in [1.54, 1.807) is 7.11 Å². The van der Waals surface area contributed by atoms with Crippen molar-refractivity contribution in [1.82, 2.24) is 10.3 Å². The maximum Gasteiger partial charge on any atom is 0.208 e. The molecular weight excluding hydrogens is 240 g/mol. The Morgan fingerprint density at radius 2 is 2.32 bits per heavy atom. The first-order valence-electron chi connectivity index (χ1n) is 6.60. The zero-order chi connectivity index (χ0) is 13.1. The molecule has 0 spiro atoms. The van der Waals surface area contributed by atoms with Crippen molar-refractivity contribution in [3.63, 3.8) is 0 Å². The van der Waals surface area contributed by atoms with Gasteiger partial charge in [-0.25, -0.2) is 4.98 Å². The molecule has 1 N–H and O–H groups in total. The molecule has 2 aromatic rings. The summed E-state index contributed by atoms with van der Waals surface area (Å²) in [4.78, 5) is 4.32. The fraction of sp³-hybridized carbons (Fsp3) is 0.400. The fourth-order valence-corrected chi connectivity index (χ4v) is 2.45. The van der Waals surface area contributed by atoms with Gasteiger partial charge in [0, 0.05) is 19.6 Å². The van der Waals surface area contributed by atoms with Gasteiger partial charge in [0.25, 0.3) is 0 Å². The summed E-state index contributed by atoms with van der Waals surface area (Å²) in [5.74, 6) is 2.11. The van der Waals surface area contributed by atoms with Gasteiger partial charge in [-0.1, -0.05) is 24.3 Å². The number of ether oxygens (including phenoxy) is 1. The van der Waals surface area contributed by atoms with Gasteiger partial charge >= 0.3 is 0 Å². The van der Waals surface area contributed by atoms with Gasteiger partial charge in [-0.05, 0) is 17.5 Å². The highest BCUT2D eigenvalue weighted by molar-refractivity contribution is 5.44. The second-order valence-electron chi connectivity index (χ2n) is 4.78. The highest BCUT2D eigenvalue weighted by Crippen LogP contribution is 2.39. The molecule has 4 nitrogen and oxygen atoms in total. The maximum absolute atomic E-state index is 5.81. The molecule has 1 heterocycles. The maximum atomic E-state index is 5.81. The van der Waals surface area contributed by atoms with Crippen molar-refractivity contribution >= 4 is 0 Å². The standard InChI is InChI=1S/C15H18N2O2/c1-18-7-6-16-10-15-17-9-14(19-15)13-8-11-4-2-3-5-12(11)13/h2-5,9,13,16H,6-8,10H2,1H3. The molecule has 1 unspecified atom stereocenters. The average Bonchev–Trinajstić information content (AvgIpc) is 2.85. The van der Waals surface area contributed by atoms with E-state index in [-0.39, 0.29) is 0 Å². The molecule has 100 valence electrons. The number of nitrogens with one attached hydrogen (secondary N) is 1. The van der Waals surface area contributed by atoms with Crippen molar-refractivity contribution in [2.45, 2.75) is 18.9 Å². The van der Waals surface area contributed by atoms with Gasteiger partial charge in [0.2, 0.25) is 5.89 Å². The minimum atomic E-state index is 0.386. The SMILES string of the molecule is COCCNCc1ncc(C2Cc3ccccc32)o1. The summed E-state index contributed by atoms with van der Waals surface area (Å²) in [6.07, 6.45) is 2.91. The van der Waals surface area contributed by atoms with Crippen molar-refractivity contribution in [1.29, 1.82) is 0 Å². The van der Waals surface area contributed by atoms with Gasteiger partial charge in [-0.3, -0.25) is 0 Å². The highest BCUT2D eigenvalue weighted by Gasteiger charge is 2.29. The Morgan fingerprint density at radius 3 is 3.16 bits per heavy atom. The molecule has 0 saturated carbocycles. The molecule has 0 aliphatic heterocycles. The van der Waals surface area contributed by atoms with Crippen LogP contribution < -0.4 is 5.32 Å². The van der Waals surface area contributed by atoms with E-state index in [9.17, 15) is 0 Å². The molecule has 1 aliphatic carbocycles. The predicted molar refractivity (Wildman–Crippen MR) is 72.1 cm³/mol. The number of hydrogen-bond acceptors (Lipinski definition) is 4. The van der Waals surface area contributed by atoms with Crippen molar-refractivity contribution < 1.29 is 9.15 Å². The Labute approximate surface area is 112 Å². The second-order valence-corrected chi connectivity index (χ2v) is 4.78. The highest BCUT2D eigenvalue weighted by atomic mass is 16.5. The number of hydrogen-bond donors (Lipinski definition) is 1. The van der Waals surface area contributed by atoms with Gasteiger partial charge in [-0.2, -0.15) is 0 Å². The molecule has 0 bridgehead atoms. The molecular formula is C15H18N2O2. The van der Waals surface area contributed by atoms with Crippen LogP contribution >= 0.6 is 0 Å². The number of aromatic nitrogens is 1. The van der Waals surface area contributed by atoms with Crippen LogP contribution in [0.25, 0.3) is 0 Å². The quantitative estimate of drug-likeness (QED) is 0.806. The van der Waals surface area contributed by atoms with E-state index in [2.05, 4.69) is 34.6 Å². The molecule has 0 radical (unpaired) electrons. The summed E-state index contributed by atoms with van der Waals surface area (Å²) in [7, 11) is 1.69. The van der Waals surface area contributed by atoms with Crippen LogP contribution in [0.5, 0.6) is 0 Å². The number of nitrogens with zero attached hydrogens (tertiary/aromatic N) is 1. The Hall–Kier alpha value is -1.65. The normalized spacial score (nSPS) is 17.0. The van der Waals surface area contributed by atoms with Gasteiger partial charge in [0.05, 0.1) is 19.3 Å². The van der Waals surface area contributed by atoms with Crippen LogP contribution in [-0.2, 0) is 17.7 Å². The van der Waals surface area contributed by atoms with Crippen molar-refractivity contribution in [3.05, 3.63) is 53.2 Å². The van der Waals surface area contributed by atoms with E-state index in [1.165, 1.54) is 11.1 Å². The molecule has 19 heavy (non-hydrogen) atoms. The van der Waals surface area contributed by atoms with Crippen LogP contribution in [0, 0.1) is 0 Å². The summed E-state index contributed by atoms with van der Waals surface area (Å²) >= 11 is 0. The Balaban J connectivity index is 1.60. The molecule has 1 aromatic heterocycles. The molecule has 0 amide bonds. The molecule has 0 fully saturated rings. The Kier molecular flexibility index (Phi) is 3.62. The first kappa shape index (κ1) is 12.4. The monoisotopic (exact) mass is 258 g/mol. The molecule has 1 aromatic carbocycles. The van der Waals surface area contributed by atoms with E-state index in [1.807, 2.05) is 6.20 Å². The zero-order valence-electron chi connectivity index (χ0n) is 11.1. The number of methoxy groups -OCH3 is 1. The van der Waals surface area contributed by atoms with Gasteiger partial charge in [0.15, 0.2) is 0 Å². The predicted octanol–water partition coefficient (Wildman–Crippen LogP) is 2.10. The molecule has 1 aliphatic rings. The third-order valence-corrected chi connectivity index (χ3v) is 3.53. The zero-order valence-corrected chi connectivity index (χ0v) is 11.1. The number of benzene rings is 1. The molecule has 3 rings (SSSR count). The van der Waals surface area contributed by atoms with E-state index in [0.717, 1.165) is 24.6 Å². The largest absolute Gasteiger partial charge is 0.444 e. The second kappa shape index (κ2) is 5.55. The number of fused-ring (bicyclic) bond motifs is 1.